The summed E-state index contributed by atoms with van der Waals surface area (Å²) in [5.74, 6) is 0.953. The summed E-state index contributed by atoms with van der Waals surface area (Å²) < 4.78 is 5.22. The first-order valence-electron chi connectivity index (χ1n) is 9.20. The molecule has 1 heterocycles. The molecule has 1 aliphatic heterocycles. The molecule has 1 aliphatic rings. The second-order valence-electron chi connectivity index (χ2n) is 6.78. The minimum absolute atomic E-state index is 0.464. The van der Waals surface area contributed by atoms with E-state index in [-0.39, 0.29) is 0 Å². The van der Waals surface area contributed by atoms with Crippen LogP contribution in [0.4, 0.5) is 5.69 Å². The second-order valence-corrected chi connectivity index (χ2v) is 6.78. The number of aliphatic imine (C=N–C) groups is 1. The van der Waals surface area contributed by atoms with E-state index in [4.69, 9.17) is 10.5 Å². The van der Waals surface area contributed by atoms with Gasteiger partial charge in [0, 0.05) is 57.6 Å². The number of ether oxygens (including phenoxy) is 1. The molecular weight excluding hydrogens is 314 g/mol. The highest BCUT2D eigenvalue weighted by atomic mass is 16.5. The molecule has 1 saturated heterocycles. The van der Waals surface area contributed by atoms with Gasteiger partial charge in [0.1, 0.15) is 0 Å². The van der Waals surface area contributed by atoms with Crippen molar-refractivity contribution in [3.63, 3.8) is 0 Å². The topological polar surface area (TPSA) is 66.1 Å². The van der Waals surface area contributed by atoms with Gasteiger partial charge in [-0.25, -0.2) is 0 Å². The Balaban J connectivity index is 1.78. The van der Waals surface area contributed by atoms with Crippen molar-refractivity contribution in [3.05, 3.63) is 29.8 Å². The summed E-state index contributed by atoms with van der Waals surface area (Å²) in [6.07, 6.45) is 0. The van der Waals surface area contributed by atoms with Crippen molar-refractivity contribution >= 4 is 11.6 Å². The lowest BCUT2D eigenvalue weighted by atomic mass is 10.1. The number of guanidine groups is 1. The predicted molar refractivity (Wildman–Crippen MR) is 105 cm³/mol. The molecule has 140 valence electrons. The van der Waals surface area contributed by atoms with Crippen LogP contribution < -0.4 is 11.1 Å². The first-order valence-corrected chi connectivity index (χ1v) is 9.20. The molecule has 0 amide bonds. The Hall–Kier alpha value is -1.63. The number of anilines is 1. The predicted octanol–water partition coefficient (Wildman–Crippen LogP) is 1.83. The molecule has 0 bridgehead atoms. The Kier molecular flexibility index (Phi) is 8.18. The smallest absolute Gasteiger partial charge is 0.193 e. The number of para-hydroxylation sites is 1. The standard InChI is InChI=1S/C19H33N5O/c1-4-23-9-11-24(12-10-23)14-16(2)13-21-19(20)22-18-8-6-5-7-17(18)15-25-3/h5-8,16H,4,9-15H2,1-3H3,(H3,20,21,22). The minimum Gasteiger partial charge on any atom is -0.380 e. The number of piperazine rings is 1. The van der Waals surface area contributed by atoms with Gasteiger partial charge in [-0.05, 0) is 18.5 Å². The highest BCUT2D eigenvalue weighted by Crippen LogP contribution is 2.15. The molecule has 6 nitrogen and oxygen atoms in total. The molecule has 1 aromatic rings. The number of nitrogens with one attached hydrogen (secondary N) is 1. The molecule has 1 fully saturated rings. The number of rotatable bonds is 8. The number of benzene rings is 1. The van der Waals surface area contributed by atoms with Gasteiger partial charge in [0.05, 0.1) is 6.61 Å². The van der Waals surface area contributed by atoms with Crippen molar-refractivity contribution in [1.29, 1.82) is 0 Å². The highest BCUT2D eigenvalue weighted by Gasteiger charge is 2.17. The van der Waals surface area contributed by atoms with Crippen molar-refractivity contribution < 1.29 is 4.74 Å². The number of methoxy groups -OCH3 is 1. The molecule has 1 aromatic carbocycles. The molecule has 0 radical (unpaired) electrons. The van der Waals surface area contributed by atoms with Crippen molar-refractivity contribution in [3.8, 4) is 0 Å². The normalized spacial score (nSPS) is 18.3. The fourth-order valence-electron chi connectivity index (χ4n) is 3.14. The van der Waals surface area contributed by atoms with Crippen molar-refractivity contribution in [2.75, 3.05) is 58.2 Å². The number of nitrogens with two attached hydrogens (primary N) is 1. The Morgan fingerprint density at radius 1 is 1.24 bits per heavy atom. The number of nitrogens with zero attached hydrogens (tertiary/aromatic N) is 3. The largest absolute Gasteiger partial charge is 0.380 e. The summed E-state index contributed by atoms with van der Waals surface area (Å²) in [6.45, 7) is 12.6. The monoisotopic (exact) mass is 347 g/mol. The van der Waals surface area contributed by atoms with Crippen LogP contribution >= 0.6 is 0 Å². The van der Waals surface area contributed by atoms with Crippen LogP contribution in [0.15, 0.2) is 29.3 Å². The van der Waals surface area contributed by atoms with Crippen LogP contribution in [0.25, 0.3) is 0 Å². The van der Waals surface area contributed by atoms with Crippen LogP contribution in [-0.4, -0.2) is 68.7 Å². The van der Waals surface area contributed by atoms with E-state index in [1.807, 2.05) is 24.3 Å². The molecular formula is C19H33N5O. The average Bonchev–Trinajstić information content (AvgIpc) is 2.62. The lowest BCUT2D eigenvalue weighted by molar-refractivity contribution is 0.125. The summed E-state index contributed by atoms with van der Waals surface area (Å²) in [5.41, 5.74) is 8.09. The van der Waals surface area contributed by atoms with Crippen LogP contribution in [0, 0.1) is 5.92 Å². The lowest BCUT2D eigenvalue weighted by Gasteiger charge is -2.35. The van der Waals surface area contributed by atoms with Gasteiger partial charge in [0.25, 0.3) is 0 Å². The van der Waals surface area contributed by atoms with Crippen molar-refractivity contribution in [2.24, 2.45) is 16.6 Å². The Bertz CT molecular complexity index is 540. The van der Waals surface area contributed by atoms with Crippen LogP contribution in [0.5, 0.6) is 0 Å². The van der Waals surface area contributed by atoms with E-state index in [0.29, 0.717) is 18.5 Å². The van der Waals surface area contributed by atoms with Gasteiger partial charge >= 0.3 is 0 Å². The van der Waals surface area contributed by atoms with Crippen LogP contribution in [0.2, 0.25) is 0 Å². The third-order valence-electron chi connectivity index (χ3n) is 4.64. The van der Waals surface area contributed by atoms with E-state index in [1.165, 1.54) is 13.1 Å². The summed E-state index contributed by atoms with van der Waals surface area (Å²) >= 11 is 0. The molecule has 6 heteroatoms. The van der Waals surface area contributed by atoms with Gasteiger partial charge < -0.3 is 25.6 Å². The summed E-state index contributed by atoms with van der Waals surface area (Å²) in [5, 5.41) is 3.20. The van der Waals surface area contributed by atoms with E-state index in [2.05, 4.69) is 34.0 Å². The fourth-order valence-corrected chi connectivity index (χ4v) is 3.14. The number of hydrogen-bond acceptors (Lipinski definition) is 4. The molecule has 0 saturated carbocycles. The van der Waals surface area contributed by atoms with Crippen LogP contribution in [0.1, 0.15) is 19.4 Å². The average molecular weight is 348 g/mol. The number of hydrogen-bond donors (Lipinski definition) is 2. The Morgan fingerprint density at radius 3 is 2.60 bits per heavy atom. The van der Waals surface area contributed by atoms with E-state index >= 15 is 0 Å². The van der Waals surface area contributed by atoms with Gasteiger partial charge in [-0.3, -0.25) is 4.99 Å². The zero-order chi connectivity index (χ0) is 18.1. The fraction of sp³-hybridized carbons (Fsp3) is 0.632. The third-order valence-corrected chi connectivity index (χ3v) is 4.64. The van der Waals surface area contributed by atoms with Gasteiger partial charge in [-0.2, -0.15) is 0 Å². The van der Waals surface area contributed by atoms with E-state index in [1.54, 1.807) is 7.11 Å². The van der Waals surface area contributed by atoms with E-state index in [9.17, 15) is 0 Å². The lowest BCUT2D eigenvalue weighted by Crippen LogP contribution is -2.47. The minimum atomic E-state index is 0.464. The maximum atomic E-state index is 6.07. The molecule has 1 atom stereocenters. The molecule has 0 aromatic heterocycles. The van der Waals surface area contributed by atoms with E-state index in [0.717, 1.165) is 44.0 Å². The Morgan fingerprint density at radius 2 is 1.92 bits per heavy atom. The first-order chi connectivity index (χ1) is 12.1. The zero-order valence-corrected chi connectivity index (χ0v) is 15.9. The summed E-state index contributed by atoms with van der Waals surface area (Å²) in [6, 6.07) is 7.99. The van der Waals surface area contributed by atoms with Crippen LogP contribution in [0.3, 0.4) is 0 Å². The maximum absolute atomic E-state index is 6.07. The van der Waals surface area contributed by atoms with E-state index < -0.39 is 0 Å². The maximum Gasteiger partial charge on any atom is 0.193 e. The van der Waals surface area contributed by atoms with Gasteiger partial charge in [0.2, 0.25) is 0 Å². The SMILES string of the molecule is CCN1CCN(CC(C)CN=C(N)Nc2ccccc2COC)CC1. The molecule has 0 spiro atoms. The van der Waals surface area contributed by atoms with Gasteiger partial charge in [0.15, 0.2) is 5.96 Å². The summed E-state index contributed by atoms with van der Waals surface area (Å²) in [7, 11) is 1.69. The quantitative estimate of drug-likeness (QED) is 0.555. The molecule has 0 aliphatic carbocycles. The number of likely N-dealkylation sites (N-methyl/N-ethyl adjacent to an activating group) is 1. The molecule has 25 heavy (non-hydrogen) atoms. The second kappa shape index (κ2) is 10.4. The first kappa shape index (κ1) is 19.7. The van der Waals surface area contributed by atoms with Gasteiger partial charge in [-0.1, -0.05) is 32.0 Å². The van der Waals surface area contributed by atoms with Gasteiger partial charge in [-0.15, -0.1) is 0 Å². The summed E-state index contributed by atoms with van der Waals surface area (Å²) in [4.78, 5) is 9.55. The molecule has 2 rings (SSSR count). The third kappa shape index (κ3) is 6.65. The molecule has 3 N–H and O–H groups in total. The Labute approximate surface area is 152 Å². The van der Waals surface area contributed by atoms with Crippen molar-refractivity contribution in [2.45, 2.75) is 20.5 Å². The highest BCUT2D eigenvalue weighted by molar-refractivity contribution is 5.92. The zero-order valence-electron chi connectivity index (χ0n) is 15.9. The van der Waals surface area contributed by atoms with Crippen LogP contribution in [-0.2, 0) is 11.3 Å². The molecule has 1 unspecified atom stereocenters. The van der Waals surface area contributed by atoms with Crippen molar-refractivity contribution in [1.82, 2.24) is 9.80 Å².